The van der Waals surface area contributed by atoms with Gasteiger partial charge in [0.2, 0.25) is 0 Å². The number of aliphatic imine (C=N–C) groups is 1. The molecule has 1 aromatic carbocycles. The van der Waals surface area contributed by atoms with Gasteiger partial charge in [-0.2, -0.15) is 4.39 Å². The third-order valence-corrected chi connectivity index (χ3v) is 4.08. The van der Waals surface area contributed by atoms with Crippen molar-refractivity contribution >= 4 is 17.7 Å². The molecule has 0 bridgehead atoms. The molecule has 0 atom stereocenters. The fraction of sp³-hybridized carbons (Fsp3) is 0.105. The third kappa shape index (κ3) is 2.29. The van der Waals surface area contributed by atoms with E-state index in [9.17, 15) is 9.18 Å². The summed E-state index contributed by atoms with van der Waals surface area (Å²) in [6.07, 6.45) is 3.04. The van der Waals surface area contributed by atoms with E-state index in [1.165, 1.54) is 6.21 Å². The molecule has 5 heteroatoms. The lowest BCUT2D eigenvalue weighted by atomic mass is 9.94. The summed E-state index contributed by atoms with van der Waals surface area (Å²) in [5.74, 6) is -0.790. The lowest BCUT2D eigenvalue weighted by molar-refractivity contribution is 0.0783. The summed E-state index contributed by atoms with van der Waals surface area (Å²) >= 11 is 0. The molecule has 116 valence electrons. The van der Waals surface area contributed by atoms with Gasteiger partial charge in [0.05, 0.1) is 5.57 Å². The van der Waals surface area contributed by atoms with Crippen molar-refractivity contribution in [2.75, 3.05) is 7.05 Å². The number of benzene rings is 1. The summed E-state index contributed by atoms with van der Waals surface area (Å²) < 4.78 is 13.0. The normalized spacial score (nSPS) is 15.4. The molecule has 1 amide bonds. The van der Waals surface area contributed by atoms with Crippen LogP contribution in [0.25, 0.3) is 16.7 Å². The molecule has 2 aliphatic heterocycles. The summed E-state index contributed by atoms with van der Waals surface area (Å²) in [6, 6.07) is 9.54. The van der Waals surface area contributed by atoms with Crippen molar-refractivity contribution in [3.8, 4) is 11.1 Å². The highest BCUT2D eigenvalue weighted by atomic mass is 19.1. The molecule has 0 fully saturated rings. The van der Waals surface area contributed by atoms with Crippen molar-refractivity contribution in [1.82, 2.24) is 9.88 Å². The van der Waals surface area contributed by atoms with E-state index in [1.807, 2.05) is 30.3 Å². The molecule has 4 rings (SSSR count). The summed E-state index contributed by atoms with van der Waals surface area (Å²) in [6.45, 7) is 0.502. The van der Waals surface area contributed by atoms with E-state index >= 15 is 0 Å². The zero-order valence-electron chi connectivity index (χ0n) is 12.9. The van der Waals surface area contributed by atoms with Gasteiger partial charge in [-0.15, -0.1) is 0 Å². The number of carbonyl (C=O) groups is 1. The van der Waals surface area contributed by atoms with Crippen LogP contribution in [0.1, 0.15) is 21.6 Å². The fourth-order valence-electron chi connectivity index (χ4n) is 2.89. The van der Waals surface area contributed by atoms with Gasteiger partial charge in [0.25, 0.3) is 11.9 Å². The van der Waals surface area contributed by atoms with E-state index in [-0.39, 0.29) is 5.91 Å². The number of halogens is 1. The van der Waals surface area contributed by atoms with Gasteiger partial charge in [0, 0.05) is 31.6 Å². The Kier molecular flexibility index (Phi) is 3.24. The largest absolute Gasteiger partial charge is 0.336 e. The number of nitrogens with zero attached hydrogens (tertiary/aromatic N) is 3. The Labute approximate surface area is 138 Å². The van der Waals surface area contributed by atoms with Crippen molar-refractivity contribution in [3.63, 3.8) is 0 Å². The van der Waals surface area contributed by atoms with Gasteiger partial charge >= 0.3 is 0 Å². The van der Waals surface area contributed by atoms with E-state index in [1.54, 1.807) is 18.1 Å². The van der Waals surface area contributed by atoms with Crippen LogP contribution in [0.5, 0.6) is 0 Å². The summed E-state index contributed by atoms with van der Waals surface area (Å²) in [5.41, 5.74) is 9.78. The number of allylic oxidation sites excluding steroid dienone is 1. The quantitative estimate of drug-likeness (QED) is 0.598. The monoisotopic (exact) mass is 317 g/mol. The van der Waals surface area contributed by atoms with Crippen molar-refractivity contribution in [1.29, 1.82) is 0 Å². The van der Waals surface area contributed by atoms with E-state index in [4.69, 9.17) is 0 Å². The first-order valence-corrected chi connectivity index (χ1v) is 7.43. The Hall–Kier alpha value is -3.26. The van der Waals surface area contributed by atoms with Crippen molar-refractivity contribution < 1.29 is 9.18 Å². The number of rotatable bonds is 1. The standard InChI is InChI=1S/C19H12FN3O/c1-23-11-14-5-4-12(13-6-7-17(20)22-10-13)9-16(14)15-3-2-8-21-18(15)19(23)24/h2-5,8-10H,11H2,1H3. The van der Waals surface area contributed by atoms with Gasteiger partial charge in [0.15, 0.2) is 0 Å². The van der Waals surface area contributed by atoms with Gasteiger partial charge in [-0.25, -0.2) is 4.99 Å². The van der Waals surface area contributed by atoms with Crippen molar-refractivity contribution in [2.45, 2.75) is 6.54 Å². The van der Waals surface area contributed by atoms with Gasteiger partial charge in [-0.05, 0) is 34.6 Å². The minimum atomic E-state index is -0.685. The maximum atomic E-state index is 13.0. The van der Waals surface area contributed by atoms with Gasteiger partial charge in [-0.1, -0.05) is 23.9 Å². The van der Waals surface area contributed by atoms with Crippen LogP contribution in [0.2, 0.25) is 0 Å². The maximum absolute atomic E-state index is 13.0. The molecular weight excluding hydrogens is 305 g/mol. The second-order valence-corrected chi connectivity index (χ2v) is 5.65. The molecular formula is C19H12FN3O. The van der Waals surface area contributed by atoms with E-state index in [0.29, 0.717) is 17.8 Å². The second kappa shape index (κ2) is 5.43. The zero-order valence-corrected chi connectivity index (χ0v) is 12.9. The molecule has 3 heterocycles. The van der Waals surface area contributed by atoms with Gasteiger partial charge in [0.1, 0.15) is 5.69 Å². The molecule has 0 unspecified atom stereocenters. The number of amides is 1. The SMILES string of the molecule is CN1Cc2ccc(C3=C=C=C(F)N=C3)cc2-c2cccnc2C1=O. The Bertz CT molecular complexity index is 1010. The molecule has 2 aliphatic rings. The zero-order chi connectivity index (χ0) is 16.7. The Morgan fingerprint density at radius 2 is 2.08 bits per heavy atom. The summed E-state index contributed by atoms with van der Waals surface area (Å²) in [7, 11) is 1.76. The predicted molar refractivity (Wildman–Crippen MR) is 89.0 cm³/mol. The van der Waals surface area contributed by atoms with E-state index in [2.05, 4.69) is 21.4 Å². The molecule has 0 N–H and O–H groups in total. The van der Waals surface area contributed by atoms with Crippen molar-refractivity contribution in [3.05, 3.63) is 70.8 Å². The average molecular weight is 317 g/mol. The maximum Gasteiger partial charge on any atom is 0.273 e. The first-order valence-electron chi connectivity index (χ1n) is 7.43. The highest BCUT2D eigenvalue weighted by Crippen LogP contribution is 2.33. The van der Waals surface area contributed by atoms with Crippen molar-refractivity contribution in [2.24, 2.45) is 4.99 Å². The number of fused-ring (bicyclic) bond motifs is 3. The first kappa shape index (κ1) is 14.3. The minimum absolute atomic E-state index is 0.105. The van der Waals surface area contributed by atoms with Crippen LogP contribution in [0, 0.1) is 0 Å². The highest BCUT2D eigenvalue weighted by molar-refractivity contribution is 6.11. The number of hydrogen-bond acceptors (Lipinski definition) is 3. The lowest BCUT2D eigenvalue weighted by Crippen LogP contribution is -2.25. The van der Waals surface area contributed by atoms with Crippen LogP contribution in [0.4, 0.5) is 4.39 Å². The molecule has 0 spiro atoms. The molecule has 0 radical (unpaired) electrons. The van der Waals surface area contributed by atoms with E-state index in [0.717, 1.165) is 22.3 Å². The van der Waals surface area contributed by atoms with Crippen LogP contribution in [-0.4, -0.2) is 29.1 Å². The predicted octanol–water partition coefficient (Wildman–Crippen LogP) is 3.37. The minimum Gasteiger partial charge on any atom is -0.336 e. The molecule has 0 aliphatic carbocycles. The van der Waals surface area contributed by atoms with Crippen LogP contribution in [0.3, 0.4) is 0 Å². The summed E-state index contributed by atoms with van der Waals surface area (Å²) in [4.78, 5) is 22.0. The summed E-state index contributed by atoms with van der Waals surface area (Å²) in [5, 5.41) is 0. The Morgan fingerprint density at radius 1 is 1.21 bits per heavy atom. The van der Waals surface area contributed by atoms with Crippen LogP contribution in [0.15, 0.2) is 58.9 Å². The average Bonchev–Trinajstić information content (AvgIpc) is 2.71. The van der Waals surface area contributed by atoms with Crippen LogP contribution < -0.4 is 0 Å². The molecule has 0 saturated carbocycles. The number of pyridine rings is 1. The fourth-order valence-corrected chi connectivity index (χ4v) is 2.89. The Morgan fingerprint density at radius 3 is 2.88 bits per heavy atom. The third-order valence-electron chi connectivity index (χ3n) is 4.08. The van der Waals surface area contributed by atoms with Gasteiger partial charge < -0.3 is 4.90 Å². The number of carbonyl (C=O) groups excluding carboxylic acids is 1. The molecule has 0 saturated heterocycles. The first-order chi connectivity index (χ1) is 11.6. The molecule has 4 nitrogen and oxygen atoms in total. The second-order valence-electron chi connectivity index (χ2n) is 5.65. The number of hydrogen-bond donors (Lipinski definition) is 0. The van der Waals surface area contributed by atoms with E-state index < -0.39 is 5.95 Å². The molecule has 2 aromatic rings. The topological polar surface area (TPSA) is 45.6 Å². The Balaban J connectivity index is 1.95. The lowest BCUT2D eigenvalue weighted by Gasteiger charge is -2.14. The molecule has 1 aromatic heterocycles. The highest BCUT2D eigenvalue weighted by Gasteiger charge is 2.25. The number of aromatic nitrogens is 1. The smallest absolute Gasteiger partial charge is 0.273 e. The van der Waals surface area contributed by atoms with Crippen LogP contribution in [-0.2, 0) is 6.54 Å². The van der Waals surface area contributed by atoms with Crippen LogP contribution >= 0.6 is 0 Å². The van der Waals surface area contributed by atoms with Gasteiger partial charge in [-0.3, -0.25) is 9.78 Å². The molecule has 24 heavy (non-hydrogen) atoms.